The molecule has 1 aliphatic rings. The molecule has 0 aliphatic carbocycles. The Morgan fingerprint density at radius 2 is 1.83 bits per heavy atom. The van der Waals surface area contributed by atoms with Crippen LogP contribution in [-0.4, -0.2) is 28.0 Å². The molecule has 2 heterocycles. The van der Waals surface area contributed by atoms with Gasteiger partial charge in [-0.3, -0.25) is 4.57 Å². The van der Waals surface area contributed by atoms with Gasteiger partial charge in [-0.1, -0.05) is 24.3 Å². The van der Waals surface area contributed by atoms with E-state index in [9.17, 15) is 0 Å². The molecule has 0 amide bonds. The van der Waals surface area contributed by atoms with Gasteiger partial charge in [0.05, 0.1) is 5.69 Å². The molecular weight excluding hydrogens is 292 g/mol. The standard InChI is InChI=1S/C17H16N4O2/c1-2-4-14(5-3-1)21-12-19-20-17(21)18-11-13-6-7-15-16(10-13)23-9-8-22-15/h1-7,10,12H,8-9,11H2,(H,18,20). The molecule has 3 aromatic rings. The van der Waals surface area contributed by atoms with Crippen molar-refractivity contribution in [2.45, 2.75) is 6.54 Å². The molecule has 2 aromatic carbocycles. The Hall–Kier alpha value is -3.02. The number of para-hydroxylation sites is 1. The predicted octanol–water partition coefficient (Wildman–Crippen LogP) is 2.65. The van der Waals surface area contributed by atoms with Crippen LogP contribution >= 0.6 is 0 Å². The first kappa shape index (κ1) is 13.6. The number of hydrogen-bond donors (Lipinski definition) is 1. The molecule has 0 unspecified atom stereocenters. The van der Waals surface area contributed by atoms with Crippen molar-refractivity contribution < 1.29 is 9.47 Å². The molecule has 0 fully saturated rings. The van der Waals surface area contributed by atoms with Crippen molar-refractivity contribution in [2.75, 3.05) is 18.5 Å². The lowest BCUT2D eigenvalue weighted by Gasteiger charge is -2.19. The molecule has 1 aromatic heterocycles. The summed E-state index contributed by atoms with van der Waals surface area (Å²) in [6.45, 7) is 1.82. The highest BCUT2D eigenvalue weighted by molar-refractivity contribution is 5.45. The molecule has 4 rings (SSSR count). The van der Waals surface area contributed by atoms with Crippen LogP contribution in [-0.2, 0) is 6.54 Å². The molecule has 1 N–H and O–H groups in total. The van der Waals surface area contributed by atoms with Gasteiger partial charge in [-0.25, -0.2) is 0 Å². The van der Waals surface area contributed by atoms with Crippen LogP contribution in [0.2, 0.25) is 0 Å². The zero-order valence-corrected chi connectivity index (χ0v) is 12.5. The lowest BCUT2D eigenvalue weighted by molar-refractivity contribution is 0.171. The lowest BCUT2D eigenvalue weighted by atomic mass is 10.2. The average molecular weight is 308 g/mol. The van der Waals surface area contributed by atoms with Gasteiger partial charge in [0.15, 0.2) is 11.5 Å². The maximum atomic E-state index is 5.61. The minimum Gasteiger partial charge on any atom is -0.486 e. The summed E-state index contributed by atoms with van der Waals surface area (Å²) in [6, 6.07) is 15.9. The average Bonchev–Trinajstić information content (AvgIpc) is 3.09. The SMILES string of the molecule is c1ccc(-n2cnnc2NCc2ccc3c(c2)OCCO3)cc1. The summed E-state index contributed by atoms with van der Waals surface area (Å²) in [4.78, 5) is 0. The lowest BCUT2D eigenvalue weighted by Crippen LogP contribution is -2.15. The third kappa shape index (κ3) is 2.83. The van der Waals surface area contributed by atoms with Gasteiger partial charge in [-0.15, -0.1) is 10.2 Å². The number of ether oxygens (including phenoxy) is 2. The first-order chi connectivity index (χ1) is 11.4. The number of benzene rings is 2. The van der Waals surface area contributed by atoms with E-state index in [-0.39, 0.29) is 0 Å². The van der Waals surface area contributed by atoms with Gasteiger partial charge in [0, 0.05) is 6.54 Å². The van der Waals surface area contributed by atoms with E-state index in [1.54, 1.807) is 6.33 Å². The van der Waals surface area contributed by atoms with E-state index in [1.165, 1.54) is 0 Å². The van der Waals surface area contributed by atoms with Gasteiger partial charge in [0.1, 0.15) is 19.5 Å². The zero-order valence-electron chi connectivity index (χ0n) is 12.5. The molecule has 0 atom stereocenters. The van der Waals surface area contributed by atoms with E-state index in [0.717, 1.165) is 22.7 Å². The maximum absolute atomic E-state index is 5.61. The van der Waals surface area contributed by atoms with Crippen LogP contribution in [0.5, 0.6) is 11.5 Å². The summed E-state index contributed by atoms with van der Waals surface area (Å²) in [7, 11) is 0. The van der Waals surface area contributed by atoms with Crippen LogP contribution in [0, 0.1) is 0 Å². The van der Waals surface area contributed by atoms with Crippen LogP contribution in [0.15, 0.2) is 54.9 Å². The van der Waals surface area contributed by atoms with E-state index in [0.29, 0.717) is 25.7 Å². The summed E-state index contributed by atoms with van der Waals surface area (Å²) in [5.41, 5.74) is 2.11. The van der Waals surface area contributed by atoms with Crippen molar-refractivity contribution in [1.29, 1.82) is 0 Å². The fourth-order valence-corrected chi connectivity index (χ4v) is 2.51. The number of anilines is 1. The Kier molecular flexibility index (Phi) is 3.56. The zero-order chi connectivity index (χ0) is 15.5. The highest BCUT2D eigenvalue weighted by Crippen LogP contribution is 2.30. The highest BCUT2D eigenvalue weighted by Gasteiger charge is 2.12. The number of aromatic nitrogens is 3. The van der Waals surface area contributed by atoms with Crippen LogP contribution in [0.3, 0.4) is 0 Å². The maximum Gasteiger partial charge on any atom is 0.229 e. The Bertz CT molecular complexity index is 801. The van der Waals surface area contributed by atoms with Crippen LogP contribution in [0.4, 0.5) is 5.95 Å². The minimum absolute atomic E-state index is 0.589. The number of nitrogens with zero attached hydrogens (tertiary/aromatic N) is 3. The van der Waals surface area contributed by atoms with E-state index in [1.807, 2.05) is 53.1 Å². The largest absolute Gasteiger partial charge is 0.486 e. The molecule has 0 bridgehead atoms. The Morgan fingerprint density at radius 1 is 1.00 bits per heavy atom. The molecule has 0 radical (unpaired) electrons. The second-order valence-corrected chi connectivity index (χ2v) is 5.19. The van der Waals surface area contributed by atoms with Gasteiger partial charge in [0.25, 0.3) is 0 Å². The van der Waals surface area contributed by atoms with Crippen molar-refractivity contribution >= 4 is 5.95 Å². The van der Waals surface area contributed by atoms with Crippen LogP contribution in [0.25, 0.3) is 5.69 Å². The summed E-state index contributed by atoms with van der Waals surface area (Å²) in [6.07, 6.45) is 1.70. The van der Waals surface area contributed by atoms with Gasteiger partial charge in [-0.05, 0) is 29.8 Å². The van der Waals surface area contributed by atoms with Gasteiger partial charge >= 0.3 is 0 Å². The van der Waals surface area contributed by atoms with Gasteiger partial charge in [0.2, 0.25) is 5.95 Å². The summed E-state index contributed by atoms with van der Waals surface area (Å²) in [5.74, 6) is 2.29. The molecule has 6 heteroatoms. The Labute approximate surface area is 133 Å². The summed E-state index contributed by atoms with van der Waals surface area (Å²) >= 11 is 0. The van der Waals surface area contributed by atoms with Crippen molar-refractivity contribution in [3.8, 4) is 17.2 Å². The first-order valence-electron chi connectivity index (χ1n) is 7.48. The Balaban J connectivity index is 1.51. The summed E-state index contributed by atoms with van der Waals surface area (Å²) in [5, 5.41) is 11.4. The van der Waals surface area contributed by atoms with Crippen LogP contribution < -0.4 is 14.8 Å². The number of hydrogen-bond acceptors (Lipinski definition) is 5. The van der Waals surface area contributed by atoms with E-state index < -0.39 is 0 Å². The highest BCUT2D eigenvalue weighted by atomic mass is 16.6. The molecule has 1 aliphatic heterocycles. The second kappa shape index (κ2) is 6.00. The van der Waals surface area contributed by atoms with Crippen molar-refractivity contribution in [1.82, 2.24) is 14.8 Å². The van der Waals surface area contributed by atoms with Crippen molar-refractivity contribution in [3.63, 3.8) is 0 Å². The minimum atomic E-state index is 0.589. The van der Waals surface area contributed by atoms with Gasteiger partial charge < -0.3 is 14.8 Å². The Morgan fingerprint density at radius 3 is 2.70 bits per heavy atom. The summed E-state index contributed by atoms with van der Waals surface area (Å²) < 4.78 is 13.1. The number of fused-ring (bicyclic) bond motifs is 1. The number of nitrogens with one attached hydrogen (secondary N) is 1. The molecule has 0 spiro atoms. The quantitative estimate of drug-likeness (QED) is 0.803. The molecular formula is C17H16N4O2. The van der Waals surface area contributed by atoms with Crippen molar-refractivity contribution in [3.05, 3.63) is 60.4 Å². The van der Waals surface area contributed by atoms with Crippen LogP contribution in [0.1, 0.15) is 5.56 Å². The molecule has 0 saturated heterocycles. The third-order valence-electron chi connectivity index (χ3n) is 3.64. The normalized spacial score (nSPS) is 12.9. The van der Waals surface area contributed by atoms with Crippen molar-refractivity contribution in [2.24, 2.45) is 0 Å². The smallest absolute Gasteiger partial charge is 0.229 e. The van der Waals surface area contributed by atoms with E-state index >= 15 is 0 Å². The van der Waals surface area contributed by atoms with Gasteiger partial charge in [-0.2, -0.15) is 0 Å². The van der Waals surface area contributed by atoms with E-state index in [4.69, 9.17) is 9.47 Å². The second-order valence-electron chi connectivity index (χ2n) is 5.19. The molecule has 6 nitrogen and oxygen atoms in total. The third-order valence-corrected chi connectivity index (χ3v) is 3.64. The molecule has 0 saturated carbocycles. The first-order valence-corrected chi connectivity index (χ1v) is 7.48. The molecule has 23 heavy (non-hydrogen) atoms. The monoisotopic (exact) mass is 308 g/mol. The fraction of sp³-hybridized carbons (Fsp3) is 0.176. The molecule has 116 valence electrons. The van der Waals surface area contributed by atoms with E-state index in [2.05, 4.69) is 15.5 Å². The number of rotatable bonds is 4. The topological polar surface area (TPSA) is 61.2 Å². The fourth-order valence-electron chi connectivity index (χ4n) is 2.51. The predicted molar refractivity (Wildman–Crippen MR) is 86.1 cm³/mol.